The van der Waals surface area contributed by atoms with Crippen LogP contribution in [0.1, 0.15) is 17.9 Å². The lowest BCUT2D eigenvalue weighted by molar-refractivity contribution is 0.399. The number of methoxy groups -OCH3 is 1. The molecule has 0 aromatic heterocycles. The fourth-order valence-electron chi connectivity index (χ4n) is 2.12. The van der Waals surface area contributed by atoms with Gasteiger partial charge >= 0.3 is 0 Å². The van der Waals surface area contributed by atoms with Gasteiger partial charge in [0.2, 0.25) is 0 Å². The van der Waals surface area contributed by atoms with Gasteiger partial charge in [0.15, 0.2) is 0 Å². The minimum Gasteiger partial charge on any atom is -0.496 e. The highest BCUT2D eigenvalue weighted by atomic mass is 32.2. The molecule has 0 spiro atoms. The fourth-order valence-corrected chi connectivity index (χ4v) is 3.21. The van der Waals surface area contributed by atoms with Crippen molar-refractivity contribution in [2.75, 3.05) is 18.6 Å². The van der Waals surface area contributed by atoms with Crippen LogP contribution in [0.3, 0.4) is 0 Å². The molecule has 0 bridgehead atoms. The van der Waals surface area contributed by atoms with Gasteiger partial charge in [-0.05, 0) is 23.8 Å². The van der Waals surface area contributed by atoms with Crippen LogP contribution in [0.15, 0.2) is 24.3 Å². The van der Waals surface area contributed by atoms with Gasteiger partial charge in [0.1, 0.15) is 5.75 Å². The van der Waals surface area contributed by atoms with E-state index < -0.39 is 0 Å². The first kappa shape index (κ1) is 10.8. The predicted molar refractivity (Wildman–Crippen MR) is 65.7 cm³/mol. The summed E-state index contributed by atoms with van der Waals surface area (Å²) in [6.07, 6.45) is 1.16. The lowest BCUT2D eigenvalue weighted by Crippen LogP contribution is -2.34. The summed E-state index contributed by atoms with van der Waals surface area (Å²) in [5.41, 5.74) is 7.43. The summed E-state index contributed by atoms with van der Waals surface area (Å²) in [6, 6.07) is 8.49. The van der Waals surface area contributed by atoms with E-state index in [9.17, 15) is 0 Å². The summed E-state index contributed by atoms with van der Waals surface area (Å²) in [6.45, 7) is 0. The van der Waals surface area contributed by atoms with Crippen molar-refractivity contribution < 1.29 is 4.74 Å². The number of hydrogen-bond acceptors (Lipinski definition) is 3. The molecule has 2 N–H and O–H groups in total. The number of para-hydroxylation sites is 1. The number of thioether (sulfide) groups is 1. The van der Waals surface area contributed by atoms with Crippen LogP contribution in [0.2, 0.25) is 0 Å². The minimum absolute atomic E-state index is 0.264. The summed E-state index contributed by atoms with van der Waals surface area (Å²) in [5.74, 6) is 3.70. The standard InChI is InChI=1S/C12H17NOS/c1-14-12-5-3-2-4-10(12)9-6-7-15-8-11(9)13/h2-5,9,11H,6-8,13H2,1H3. The van der Waals surface area contributed by atoms with E-state index in [-0.39, 0.29) is 6.04 Å². The van der Waals surface area contributed by atoms with E-state index >= 15 is 0 Å². The largest absolute Gasteiger partial charge is 0.496 e. The maximum atomic E-state index is 6.16. The number of benzene rings is 1. The third-order valence-electron chi connectivity index (χ3n) is 2.94. The number of rotatable bonds is 2. The normalized spacial score (nSPS) is 26.3. The Morgan fingerprint density at radius 3 is 2.93 bits per heavy atom. The Hall–Kier alpha value is -0.670. The van der Waals surface area contributed by atoms with Crippen LogP contribution in [0.25, 0.3) is 0 Å². The van der Waals surface area contributed by atoms with Gasteiger partial charge in [-0.25, -0.2) is 0 Å². The number of nitrogens with two attached hydrogens (primary N) is 1. The van der Waals surface area contributed by atoms with Crippen molar-refractivity contribution in [2.45, 2.75) is 18.4 Å². The Kier molecular flexibility index (Phi) is 3.54. The van der Waals surface area contributed by atoms with E-state index in [1.165, 1.54) is 11.3 Å². The highest BCUT2D eigenvalue weighted by Gasteiger charge is 2.25. The quantitative estimate of drug-likeness (QED) is 0.835. The van der Waals surface area contributed by atoms with Crippen LogP contribution in [-0.2, 0) is 0 Å². The lowest BCUT2D eigenvalue weighted by atomic mass is 9.89. The van der Waals surface area contributed by atoms with Gasteiger partial charge in [-0.2, -0.15) is 11.8 Å². The van der Waals surface area contributed by atoms with E-state index in [0.29, 0.717) is 5.92 Å². The van der Waals surface area contributed by atoms with Crippen molar-refractivity contribution in [3.63, 3.8) is 0 Å². The molecule has 0 amide bonds. The average Bonchev–Trinajstić information content (AvgIpc) is 2.30. The highest BCUT2D eigenvalue weighted by Crippen LogP contribution is 2.35. The van der Waals surface area contributed by atoms with Gasteiger partial charge in [0, 0.05) is 17.7 Å². The SMILES string of the molecule is COc1ccccc1C1CCSCC1N. The molecule has 2 atom stereocenters. The minimum atomic E-state index is 0.264. The second-order valence-electron chi connectivity index (χ2n) is 3.88. The van der Waals surface area contributed by atoms with E-state index in [2.05, 4.69) is 12.1 Å². The molecule has 2 nitrogen and oxygen atoms in total. The molecule has 1 fully saturated rings. The molecule has 1 heterocycles. The zero-order valence-electron chi connectivity index (χ0n) is 8.98. The molecular formula is C12H17NOS. The maximum Gasteiger partial charge on any atom is 0.122 e. The molecule has 3 heteroatoms. The molecule has 15 heavy (non-hydrogen) atoms. The summed E-state index contributed by atoms with van der Waals surface area (Å²) >= 11 is 1.95. The Balaban J connectivity index is 2.26. The van der Waals surface area contributed by atoms with Crippen molar-refractivity contribution >= 4 is 11.8 Å². The zero-order chi connectivity index (χ0) is 10.7. The highest BCUT2D eigenvalue weighted by molar-refractivity contribution is 7.99. The van der Waals surface area contributed by atoms with Crippen LogP contribution in [0.5, 0.6) is 5.75 Å². The van der Waals surface area contributed by atoms with Gasteiger partial charge in [0.25, 0.3) is 0 Å². The first-order chi connectivity index (χ1) is 7.33. The lowest BCUT2D eigenvalue weighted by Gasteiger charge is -2.29. The number of ether oxygens (including phenoxy) is 1. The number of hydrogen-bond donors (Lipinski definition) is 1. The van der Waals surface area contributed by atoms with Gasteiger partial charge in [-0.3, -0.25) is 0 Å². The van der Waals surface area contributed by atoms with Gasteiger partial charge in [-0.1, -0.05) is 18.2 Å². The van der Waals surface area contributed by atoms with Crippen molar-refractivity contribution in [1.82, 2.24) is 0 Å². The van der Waals surface area contributed by atoms with Crippen LogP contribution < -0.4 is 10.5 Å². The average molecular weight is 223 g/mol. The topological polar surface area (TPSA) is 35.2 Å². The summed E-state index contributed by atoms with van der Waals surface area (Å²) in [7, 11) is 1.72. The molecule has 1 aliphatic rings. The van der Waals surface area contributed by atoms with Crippen LogP contribution >= 0.6 is 11.8 Å². The van der Waals surface area contributed by atoms with E-state index in [1.807, 2.05) is 23.9 Å². The van der Waals surface area contributed by atoms with E-state index in [1.54, 1.807) is 7.11 Å². The van der Waals surface area contributed by atoms with E-state index in [0.717, 1.165) is 17.9 Å². The Bertz CT molecular complexity index is 329. The van der Waals surface area contributed by atoms with Crippen LogP contribution in [-0.4, -0.2) is 24.7 Å². The summed E-state index contributed by atoms with van der Waals surface area (Å²) in [4.78, 5) is 0. The van der Waals surface area contributed by atoms with Gasteiger partial charge in [0.05, 0.1) is 7.11 Å². The maximum absolute atomic E-state index is 6.16. The van der Waals surface area contributed by atoms with Crippen LogP contribution in [0, 0.1) is 0 Å². The molecular weight excluding hydrogens is 206 g/mol. The Morgan fingerprint density at radius 1 is 1.40 bits per heavy atom. The summed E-state index contributed by atoms with van der Waals surface area (Å²) in [5, 5.41) is 0. The first-order valence-electron chi connectivity index (χ1n) is 5.29. The van der Waals surface area contributed by atoms with Crippen molar-refractivity contribution in [2.24, 2.45) is 5.73 Å². The Morgan fingerprint density at radius 2 is 2.20 bits per heavy atom. The van der Waals surface area contributed by atoms with Crippen molar-refractivity contribution in [1.29, 1.82) is 0 Å². The second kappa shape index (κ2) is 4.90. The molecule has 82 valence electrons. The molecule has 1 aliphatic heterocycles. The first-order valence-corrected chi connectivity index (χ1v) is 6.44. The fraction of sp³-hybridized carbons (Fsp3) is 0.500. The third kappa shape index (κ3) is 2.29. The smallest absolute Gasteiger partial charge is 0.122 e. The molecule has 0 aliphatic carbocycles. The molecule has 0 radical (unpaired) electrons. The molecule has 2 unspecified atom stereocenters. The zero-order valence-corrected chi connectivity index (χ0v) is 9.80. The molecule has 1 aromatic rings. The second-order valence-corrected chi connectivity index (χ2v) is 5.03. The monoisotopic (exact) mass is 223 g/mol. The molecule has 1 aromatic carbocycles. The molecule has 1 saturated heterocycles. The molecule has 0 saturated carbocycles. The Labute approximate surface area is 95.2 Å². The van der Waals surface area contributed by atoms with Gasteiger partial charge < -0.3 is 10.5 Å². The molecule has 2 rings (SSSR count). The van der Waals surface area contributed by atoms with E-state index in [4.69, 9.17) is 10.5 Å². The van der Waals surface area contributed by atoms with Crippen LogP contribution in [0.4, 0.5) is 0 Å². The predicted octanol–water partition coefficient (Wildman–Crippen LogP) is 2.24. The van der Waals surface area contributed by atoms with Gasteiger partial charge in [-0.15, -0.1) is 0 Å². The van der Waals surface area contributed by atoms with Crippen molar-refractivity contribution in [3.8, 4) is 5.75 Å². The third-order valence-corrected chi connectivity index (χ3v) is 4.08. The van der Waals surface area contributed by atoms with Crippen molar-refractivity contribution in [3.05, 3.63) is 29.8 Å². The summed E-state index contributed by atoms with van der Waals surface area (Å²) < 4.78 is 5.38.